The first-order valence-electron chi connectivity index (χ1n) is 7.15. The highest BCUT2D eigenvalue weighted by molar-refractivity contribution is 14.1. The van der Waals surface area contributed by atoms with Gasteiger partial charge >= 0.3 is 0 Å². The van der Waals surface area contributed by atoms with Crippen molar-refractivity contribution in [3.05, 3.63) is 55.7 Å². The normalized spacial score (nSPS) is 14.9. The zero-order valence-electron chi connectivity index (χ0n) is 12.2. The predicted octanol–water partition coefficient (Wildman–Crippen LogP) is 3.96. The lowest BCUT2D eigenvalue weighted by Crippen LogP contribution is -2.49. The van der Waals surface area contributed by atoms with Gasteiger partial charge in [0.1, 0.15) is 5.82 Å². The Kier molecular flexibility index (Phi) is 5.28. The van der Waals surface area contributed by atoms with E-state index in [9.17, 15) is 4.79 Å². The number of carbonyl (C=O) groups excluding carboxylic acids is 1. The lowest BCUT2D eigenvalue weighted by atomic mass is 10.2. The highest BCUT2D eigenvalue weighted by Gasteiger charge is 2.24. The van der Waals surface area contributed by atoms with Crippen LogP contribution in [0.5, 0.6) is 0 Å². The number of piperazine rings is 1. The molecule has 1 aliphatic rings. The first-order chi connectivity index (χ1) is 11.0. The third-order valence-electron chi connectivity index (χ3n) is 3.76. The molecule has 1 aromatic heterocycles. The van der Waals surface area contributed by atoms with Crippen molar-refractivity contribution in [2.75, 3.05) is 31.1 Å². The minimum absolute atomic E-state index is 0.0283. The Morgan fingerprint density at radius 3 is 2.39 bits per heavy atom. The topological polar surface area (TPSA) is 36.4 Å². The Morgan fingerprint density at radius 2 is 1.74 bits per heavy atom. The molecule has 0 aliphatic carbocycles. The standard InChI is InChI=1S/C16H14Cl2IN3O/c17-11-1-3-14(19)13(9-11)16(23)22-7-5-21(6-8-22)15-4-2-12(18)10-20-15/h1-4,9-10H,5-8H2. The fraction of sp³-hybridized carbons (Fsp3) is 0.250. The quantitative estimate of drug-likeness (QED) is 0.635. The Morgan fingerprint density at radius 1 is 1.04 bits per heavy atom. The van der Waals surface area contributed by atoms with Crippen LogP contribution in [0.3, 0.4) is 0 Å². The molecule has 23 heavy (non-hydrogen) atoms. The van der Waals surface area contributed by atoms with Crippen LogP contribution in [-0.2, 0) is 0 Å². The average molecular weight is 462 g/mol. The maximum Gasteiger partial charge on any atom is 0.255 e. The molecule has 2 heterocycles. The molecule has 7 heteroatoms. The van der Waals surface area contributed by atoms with Gasteiger partial charge in [-0.25, -0.2) is 4.98 Å². The van der Waals surface area contributed by atoms with Gasteiger partial charge in [-0.15, -0.1) is 0 Å². The van der Waals surface area contributed by atoms with E-state index >= 15 is 0 Å². The maximum atomic E-state index is 12.7. The zero-order valence-corrected chi connectivity index (χ0v) is 15.8. The second-order valence-corrected chi connectivity index (χ2v) is 7.27. The van der Waals surface area contributed by atoms with Crippen molar-refractivity contribution >= 4 is 57.5 Å². The number of anilines is 1. The largest absolute Gasteiger partial charge is 0.353 e. The number of carbonyl (C=O) groups is 1. The number of rotatable bonds is 2. The molecule has 0 bridgehead atoms. The molecule has 1 aromatic carbocycles. The summed E-state index contributed by atoms with van der Waals surface area (Å²) in [6.07, 6.45) is 1.64. The molecule has 0 saturated carbocycles. The van der Waals surface area contributed by atoms with Crippen LogP contribution in [0.4, 0.5) is 5.82 Å². The molecule has 1 aliphatic heterocycles. The predicted molar refractivity (Wildman–Crippen MR) is 102 cm³/mol. The van der Waals surface area contributed by atoms with E-state index in [4.69, 9.17) is 23.2 Å². The number of amides is 1. The first-order valence-corrected chi connectivity index (χ1v) is 8.99. The lowest BCUT2D eigenvalue weighted by Gasteiger charge is -2.35. The Balaban J connectivity index is 1.67. The van der Waals surface area contributed by atoms with Crippen LogP contribution in [0.25, 0.3) is 0 Å². The Bertz CT molecular complexity index is 716. The summed E-state index contributed by atoms with van der Waals surface area (Å²) in [6, 6.07) is 9.13. The molecule has 0 N–H and O–H groups in total. The summed E-state index contributed by atoms with van der Waals surface area (Å²) in [5, 5.41) is 1.20. The van der Waals surface area contributed by atoms with Crippen LogP contribution >= 0.6 is 45.8 Å². The van der Waals surface area contributed by atoms with Gasteiger partial charge in [-0.1, -0.05) is 23.2 Å². The summed E-state index contributed by atoms with van der Waals surface area (Å²) in [5.41, 5.74) is 0.663. The number of aromatic nitrogens is 1. The molecular formula is C16H14Cl2IN3O. The summed E-state index contributed by atoms with van der Waals surface area (Å²) in [5.74, 6) is 0.916. The minimum atomic E-state index is 0.0283. The first kappa shape index (κ1) is 16.8. The number of hydrogen-bond donors (Lipinski definition) is 0. The van der Waals surface area contributed by atoms with Crippen LogP contribution in [0.15, 0.2) is 36.5 Å². The molecule has 2 aromatic rings. The second kappa shape index (κ2) is 7.23. The van der Waals surface area contributed by atoms with Crippen molar-refractivity contribution < 1.29 is 4.79 Å². The van der Waals surface area contributed by atoms with Gasteiger partial charge in [-0.2, -0.15) is 0 Å². The number of benzene rings is 1. The lowest BCUT2D eigenvalue weighted by molar-refractivity contribution is 0.0745. The van der Waals surface area contributed by atoms with E-state index in [2.05, 4.69) is 32.5 Å². The average Bonchev–Trinajstić information content (AvgIpc) is 2.57. The van der Waals surface area contributed by atoms with Crippen molar-refractivity contribution in [1.82, 2.24) is 9.88 Å². The van der Waals surface area contributed by atoms with Crippen molar-refractivity contribution in [2.24, 2.45) is 0 Å². The molecule has 0 unspecified atom stereocenters. The molecule has 1 fully saturated rings. The molecule has 120 valence electrons. The molecule has 3 rings (SSSR count). The van der Waals surface area contributed by atoms with Gasteiger partial charge in [0, 0.05) is 41.0 Å². The second-order valence-electron chi connectivity index (χ2n) is 5.24. The van der Waals surface area contributed by atoms with Gasteiger partial charge in [0.15, 0.2) is 0 Å². The van der Waals surface area contributed by atoms with Crippen molar-refractivity contribution in [3.63, 3.8) is 0 Å². The molecule has 1 saturated heterocycles. The van der Waals surface area contributed by atoms with Crippen molar-refractivity contribution in [1.29, 1.82) is 0 Å². The van der Waals surface area contributed by atoms with Gasteiger partial charge in [0.2, 0.25) is 0 Å². The van der Waals surface area contributed by atoms with Crippen LogP contribution in [0.1, 0.15) is 10.4 Å². The van der Waals surface area contributed by atoms with Crippen molar-refractivity contribution in [3.8, 4) is 0 Å². The van der Waals surface area contributed by atoms with E-state index in [-0.39, 0.29) is 5.91 Å². The van der Waals surface area contributed by atoms with Gasteiger partial charge in [-0.05, 0) is 52.9 Å². The van der Waals surface area contributed by atoms with Crippen molar-refractivity contribution in [2.45, 2.75) is 0 Å². The third kappa shape index (κ3) is 3.89. The van der Waals surface area contributed by atoms with Gasteiger partial charge in [0.05, 0.1) is 10.6 Å². The highest BCUT2D eigenvalue weighted by Crippen LogP contribution is 2.21. The SMILES string of the molecule is O=C(c1cc(Cl)ccc1I)N1CCN(c2ccc(Cl)cn2)CC1. The van der Waals surface area contributed by atoms with E-state index in [1.807, 2.05) is 23.1 Å². The van der Waals surface area contributed by atoms with E-state index in [0.29, 0.717) is 28.7 Å². The summed E-state index contributed by atoms with van der Waals surface area (Å²) in [6.45, 7) is 2.81. The minimum Gasteiger partial charge on any atom is -0.353 e. The Labute approximate surface area is 158 Å². The highest BCUT2D eigenvalue weighted by atomic mass is 127. The van der Waals surface area contributed by atoms with Crippen LogP contribution in [0, 0.1) is 3.57 Å². The van der Waals surface area contributed by atoms with E-state index in [1.165, 1.54) is 0 Å². The molecule has 1 amide bonds. The van der Waals surface area contributed by atoms with Crippen LogP contribution in [-0.4, -0.2) is 42.0 Å². The molecule has 4 nitrogen and oxygen atoms in total. The molecule has 0 radical (unpaired) electrons. The molecule has 0 spiro atoms. The van der Waals surface area contributed by atoms with E-state index in [1.54, 1.807) is 18.3 Å². The number of hydrogen-bond acceptors (Lipinski definition) is 3. The van der Waals surface area contributed by atoms with Crippen LogP contribution in [0.2, 0.25) is 10.0 Å². The van der Waals surface area contributed by atoms with E-state index in [0.717, 1.165) is 22.5 Å². The zero-order chi connectivity index (χ0) is 16.4. The van der Waals surface area contributed by atoms with E-state index < -0.39 is 0 Å². The van der Waals surface area contributed by atoms with Gasteiger partial charge < -0.3 is 9.80 Å². The van der Waals surface area contributed by atoms with Crippen LogP contribution < -0.4 is 4.90 Å². The maximum absolute atomic E-state index is 12.7. The fourth-order valence-electron chi connectivity index (χ4n) is 2.53. The number of halogens is 3. The molecule has 0 atom stereocenters. The summed E-state index contributed by atoms with van der Waals surface area (Å²) >= 11 is 14.0. The molecular weight excluding hydrogens is 448 g/mol. The van der Waals surface area contributed by atoms with Gasteiger partial charge in [-0.3, -0.25) is 4.79 Å². The summed E-state index contributed by atoms with van der Waals surface area (Å²) in [4.78, 5) is 21.0. The van der Waals surface area contributed by atoms with Gasteiger partial charge in [0.25, 0.3) is 5.91 Å². The number of pyridine rings is 1. The monoisotopic (exact) mass is 461 g/mol. The smallest absolute Gasteiger partial charge is 0.255 e. The fourth-order valence-corrected chi connectivity index (χ4v) is 3.38. The number of nitrogens with zero attached hydrogens (tertiary/aromatic N) is 3. The summed E-state index contributed by atoms with van der Waals surface area (Å²) in [7, 11) is 0. The Hall–Kier alpha value is -1.05. The third-order valence-corrected chi connectivity index (χ3v) is 5.16. The summed E-state index contributed by atoms with van der Waals surface area (Å²) < 4.78 is 0.916.